The van der Waals surface area contributed by atoms with E-state index in [9.17, 15) is 4.79 Å². The minimum Gasteiger partial charge on any atom is -0.369 e. The van der Waals surface area contributed by atoms with E-state index in [-0.39, 0.29) is 5.69 Å². The van der Waals surface area contributed by atoms with Crippen LogP contribution in [0.2, 0.25) is 0 Å². The van der Waals surface area contributed by atoms with E-state index in [0.717, 1.165) is 43.9 Å². The second-order valence-electron chi connectivity index (χ2n) is 8.23. The average Bonchev–Trinajstić information content (AvgIpc) is 2.75. The number of carbonyl (C=O) groups excluding carboxylic acids is 1. The average molecular weight is 416 g/mol. The third-order valence-corrected chi connectivity index (χ3v) is 5.68. The van der Waals surface area contributed by atoms with Crippen molar-refractivity contribution in [2.24, 2.45) is 5.73 Å². The number of piperazine rings is 1. The van der Waals surface area contributed by atoms with Crippen LogP contribution >= 0.6 is 0 Å². The predicted molar refractivity (Wildman–Crippen MR) is 126 cm³/mol. The van der Waals surface area contributed by atoms with Crippen LogP contribution in [0.4, 0.5) is 17.1 Å². The zero-order chi connectivity index (χ0) is 21.8. The Morgan fingerprint density at radius 2 is 1.77 bits per heavy atom. The number of likely N-dealkylation sites (N-methyl/N-ethyl adjacent to an activating group) is 1. The molecule has 1 saturated heterocycles. The van der Waals surface area contributed by atoms with Gasteiger partial charge in [0.1, 0.15) is 0 Å². The molecule has 2 heterocycles. The summed E-state index contributed by atoms with van der Waals surface area (Å²) in [6.45, 7) is 6.28. The molecule has 2 aromatic carbocycles. The first-order valence-electron chi connectivity index (χ1n) is 10.6. The molecule has 1 aliphatic rings. The molecule has 160 valence electrons. The van der Waals surface area contributed by atoms with Gasteiger partial charge < -0.3 is 20.9 Å². The molecule has 0 atom stereocenters. The lowest BCUT2D eigenvalue weighted by molar-refractivity contribution is 0.0996. The molecular formula is C25H29N5O. The topological polar surface area (TPSA) is 74.5 Å². The number of amides is 1. The number of aromatic nitrogens is 1. The van der Waals surface area contributed by atoms with E-state index in [0.29, 0.717) is 5.69 Å². The van der Waals surface area contributed by atoms with Crippen molar-refractivity contribution >= 4 is 23.0 Å². The molecule has 0 spiro atoms. The molecule has 4 rings (SSSR count). The Morgan fingerprint density at radius 3 is 2.45 bits per heavy atom. The van der Waals surface area contributed by atoms with Crippen LogP contribution in [0.15, 0.2) is 60.8 Å². The quantitative estimate of drug-likeness (QED) is 0.644. The molecule has 1 fully saturated rings. The van der Waals surface area contributed by atoms with Gasteiger partial charge in [0, 0.05) is 43.8 Å². The van der Waals surface area contributed by atoms with Crippen LogP contribution in [0.25, 0.3) is 0 Å². The number of nitrogens with zero attached hydrogens (tertiary/aromatic N) is 3. The number of benzene rings is 2. The van der Waals surface area contributed by atoms with Crippen molar-refractivity contribution in [1.82, 2.24) is 9.88 Å². The first-order chi connectivity index (χ1) is 15.0. The molecule has 0 bridgehead atoms. The van der Waals surface area contributed by atoms with Crippen molar-refractivity contribution in [3.8, 4) is 0 Å². The largest absolute Gasteiger partial charge is 0.369 e. The molecule has 3 N–H and O–H groups in total. The van der Waals surface area contributed by atoms with E-state index in [2.05, 4.69) is 70.5 Å². The lowest BCUT2D eigenvalue weighted by atomic mass is 10.0. The summed E-state index contributed by atoms with van der Waals surface area (Å²) in [6.07, 6.45) is 2.47. The SMILES string of the molecule is Cc1cccc(Cc2cnc(C(N)=O)c(Nc3ccc(N4CCN(C)CC4)cc3)c2)c1. The van der Waals surface area contributed by atoms with Crippen LogP contribution < -0.4 is 16.0 Å². The van der Waals surface area contributed by atoms with E-state index in [4.69, 9.17) is 5.73 Å². The summed E-state index contributed by atoms with van der Waals surface area (Å²) in [7, 11) is 2.15. The summed E-state index contributed by atoms with van der Waals surface area (Å²) < 4.78 is 0. The highest BCUT2D eigenvalue weighted by atomic mass is 16.1. The minimum absolute atomic E-state index is 0.246. The van der Waals surface area contributed by atoms with Gasteiger partial charge in [0.05, 0.1) is 5.69 Å². The maximum atomic E-state index is 11.9. The molecule has 0 radical (unpaired) electrons. The molecule has 0 saturated carbocycles. The third kappa shape index (κ3) is 5.22. The fourth-order valence-electron chi connectivity index (χ4n) is 3.93. The summed E-state index contributed by atoms with van der Waals surface area (Å²) in [5, 5.41) is 3.34. The number of pyridine rings is 1. The third-order valence-electron chi connectivity index (χ3n) is 5.68. The van der Waals surface area contributed by atoms with Crippen LogP contribution in [0.5, 0.6) is 0 Å². The number of anilines is 3. The number of primary amides is 1. The zero-order valence-electron chi connectivity index (χ0n) is 18.1. The Kier molecular flexibility index (Phi) is 6.18. The number of aryl methyl sites for hydroxylation is 1. The van der Waals surface area contributed by atoms with Crippen molar-refractivity contribution in [2.75, 3.05) is 43.4 Å². The minimum atomic E-state index is -0.543. The first-order valence-corrected chi connectivity index (χ1v) is 10.6. The highest BCUT2D eigenvalue weighted by Crippen LogP contribution is 2.25. The Hall–Kier alpha value is -3.38. The fraction of sp³-hybridized carbons (Fsp3) is 0.280. The van der Waals surface area contributed by atoms with Crippen molar-refractivity contribution in [3.05, 3.63) is 83.2 Å². The van der Waals surface area contributed by atoms with Crippen molar-refractivity contribution in [2.45, 2.75) is 13.3 Å². The van der Waals surface area contributed by atoms with Gasteiger partial charge in [-0.1, -0.05) is 29.8 Å². The van der Waals surface area contributed by atoms with E-state index < -0.39 is 5.91 Å². The summed E-state index contributed by atoms with van der Waals surface area (Å²) in [6, 6.07) is 18.6. The Morgan fingerprint density at radius 1 is 1.03 bits per heavy atom. The Balaban J connectivity index is 1.53. The second-order valence-corrected chi connectivity index (χ2v) is 8.23. The summed E-state index contributed by atoms with van der Waals surface area (Å²) in [4.78, 5) is 21.0. The number of carbonyl (C=O) groups is 1. The van der Waals surface area contributed by atoms with Gasteiger partial charge in [0.2, 0.25) is 0 Å². The molecule has 0 unspecified atom stereocenters. The Labute approximate surface area is 183 Å². The van der Waals surface area contributed by atoms with Crippen molar-refractivity contribution in [3.63, 3.8) is 0 Å². The highest BCUT2D eigenvalue weighted by molar-refractivity contribution is 5.97. The highest BCUT2D eigenvalue weighted by Gasteiger charge is 2.15. The molecule has 31 heavy (non-hydrogen) atoms. The van der Waals surface area contributed by atoms with Crippen LogP contribution in [0.1, 0.15) is 27.2 Å². The van der Waals surface area contributed by atoms with Gasteiger partial charge >= 0.3 is 0 Å². The van der Waals surface area contributed by atoms with Gasteiger partial charge in [-0.2, -0.15) is 0 Å². The standard InChI is InChI=1S/C25H29N5O/c1-18-4-3-5-19(14-18)15-20-16-23(24(25(26)31)27-17-20)28-21-6-8-22(9-7-21)30-12-10-29(2)11-13-30/h3-9,14,16-17,28H,10-13,15H2,1-2H3,(H2,26,31). The van der Waals surface area contributed by atoms with Crippen molar-refractivity contribution in [1.29, 1.82) is 0 Å². The monoisotopic (exact) mass is 415 g/mol. The summed E-state index contributed by atoms with van der Waals surface area (Å²) >= 11 is 0. The smallest absolute Gasteiger partial charge is 0.269 e. The van der Waals surface area contributed by atoms with Crippen LogP contribution in [-0.2, 0) is 6.42 Å². The van der Waals surface area contributed by atoms with E-state index in [1.54, 1.807) is 6.20 Å². The van der Waals surface area contributed by atoms with Gasteiger partial charge in [-0.25, -0.2) is 4.98 Å². The fourth-order valence-corrected chi connectivity index (χ4v) is 3.93. The van der Waals surface area contributed by atoms with E-state index >= 15 is 0 Å². The van der Waals surface area contributed by atoms with E-state index in [1.165, 1.54) is 16.8 Å². The van der Waals surface area contributed by atoms with Crippen LogP contribution in [0.3, 0.4) is 0 Å². The normalized spacial score (nSPS) is 14.5. The summed E-state index contributed by atoms with van der Waals surface area (Å²) in [5.41, 5.74) is 12.0. The zero-order valence-corrected chi connectivity index (χ0v) is 18.1. The number of rotatable bonds is 6. The van der Waals surface area contributed by atoms with Crippen LogP contribution in [-0.4, -0.2) is 49.0 Å². The molecule has 6 heteroatoms. The molecule has 0 aliphatic carbocycles. The predicted octanol–water partition coefficient (Wildman–Crippen LogP) is 3.58. The number of hydrogen-bond donors (Lipinski definition) is 2. The second kappa shape index (κ2) is 9.18. The molecule has 1 amide bonds. The number of hydrogen-bond acceptors (Lipinski definition) is 5. The molecular weight excluding hydrogens is 386 g/mol. The summed E-state index contributed by atoms with van der Waals surface area (Å²) in [5.74, 6) is -0.543. The van der Waals surface area contributed by atoms with Gasteiger partial charge in [0.15, 0.2) is 5.69 Å². The van der Waals surface area contributed by atoms with Crippen LogP contribution in [0, 0.1) is 6.92 Å². The van der Waals surface area contributed by atoms with Gasteiger partial charge in [0.25, 0.3) is 5.91 Å². The molecule has 6 nitrogen and oxygen atoms in total. The maximum Gasteiger partial charge on any atom is 0.269 e. The van der Waals surface area contributed by atoms with Gasteiger partial charge in [-0.3, -0.25) is 4.79 Å². The molecule has 1 aliphatic heterocycles. The molecule has 3 aromatic rings. The lowest BCUT2D eigenvalue weighted by Crippen LogP contribution is -2.44. The van der Waals surface area contributed by atoms with E-state index in [1.807, 2.05) is 18.2 Å². The number of nitrogens with two attached hydrogens (primary N) is 1. The number of nitrogens with one attached hydrogen (secondary N) is 1. The molecule has 1 aromatic heterocycles. The Bertz CT molecular complexity index is 1060. The maximum absolute atomic E-state index is 11.9. The lowest BCUT2D eigenvalue weighted by Gasteiger charge is -2.34. The van der Waals surface area contributed by atoms with Gasteiger partial charge in [-0.15, -0.1) is 0 Å². The first kappa shape index (κ1) is 20.9. The van der Waals surface area contributed by atoms with Crippen molar-refractivity contribution < 1.29 is 4.79 Å². The van der Waals surface area contributed by atoms with Gasteiger partial charge in [-0.05, 0) is 61.9 Å².